The SMILES string of the molecule is COCOc1ccc2ccccc2c1S(=O)(=O)F. The summed E-state index contributed by atoms with van der Waals surface area (Å²) in [7, 11) is -3.48. The van der Waals surface area contributed by atoms with Crippen LogP contribution in [0, 0.1) is 0 Å². The number of fused-ring (bicyclic) bond motifs is 1. The molecule has 2 aromatic carbocycles. The Morgan fingerprint density at radius 1 is 1.17 bits per heavy atom. The molecule has 0 unspecified atom stereocenters. The van der Waals surface area contributed by atoms with Gasteiger partial charge in [0, 0.05) is 12.5 Å². The molecular weight excluding hydrogens is 259 g/mol. The Morgan fingerprint density at radius 3 is 2.56 bits per heavy atom. The van der Waals surface area contributed by atoms with Crippen LogP contribution in [0.1, 0.15) is 0 Å². The lowest BCUT2D eigenvalue weighted by Crippen LogP contribution is -2.04. The van der Waals surface area contributed by atoms with E-state index in [1.807, 2.05) is 0 Å². The van der Waals surface area contributed by atoms with Crippen LogP contribution in [0.25, 0.3) is 10.8 Å². The summed E-state index contributed by atoms with van der Waals surface area (Å²) in [6.45, 7) is -0.152. The first kappa shape index (κ1) is 12.8. The standard InChI is InChI=1S/C12H11FO4S/c1-16-8-17-11-7-6-9-4-2-3-5-10(9)12(11)18(13,14)15/h2-7H,8H2,1H3. The Morgan fingerprint density at radius 2 is 1.89 bits per heavy atom. The minimum atomic E-state index is -4.87. The summed E-state index contributed by atoms with van der Waals surface area (Å²) in [6, 6.07) is 9.68. The van der Waals surface area contributed by atoms with Gasteiger partial charge in [0.15, 0.2) is 6.79 Å². The molecule has 0 saturated heterocycles. The fourth-order valence-corrected chi connectivity index (χ4v) is 2.53. The third kappa shape index (κ3) is 2.44. The maximum atomic E-state index is 13.4. The number of methoxy groups -OCH3 is 1. The molecule has 0 saturated carbocycles. The Hall–Kier alpha value is -1.66. The molecule has 18 heavy (non-hydrogen) atoms. The largest absolute Gasteiger partial charge is 0.466 e. The van der Waals surface area contributed by atoms with Crippen molar-refractivity contribution in [2.24, 2.45) is 0 Å². The first-order valence-electron chi connectivity index (χ1n) is 5.12. The highest BCUT2D eigenvalue weighted by atomic mass is 32.3. The first-order chi connectivity index (χ1) is 8.54. The molecule has 0 atom stereocenters. The van der Waals surface area contributed by atoms with Gasteiger partial charge in [-0.1, -0.05) is 30.3 Å². The van der Waals surface area contributed by atoms with E-state index in [4.69, 9.17) is 4.74 Å². The van der Waals surface area contributed by atoms with Gasteiger partial charge in [-0.2, -0.15) is 8.42 Å². The van der Waals surface area contributed by atoms with Crippen molar-refractivity contribution in [1.82, 2.24) is 0 Å². The average Bonchev–Trinajstić information content (AvgIpc) is 2.34. The first-order valence-corrected chi connectivity index (χ1v) is 6.50. The van der Waals surface area contributed by atoms with Crippen molar-refractivity contribution in [1.29, 1.82) is 0 Å². The summed E-state index contributed by atoms with van der Waals surface area (Å²) in [5, 5.41) is 0.909. The van der Waals surface area contributed by atoms with Crippen molar-refractivity contribution in [3.8, 4) is 5.75 Å². The Balaban J connectivity index is 2.72. The number of rotatable bonds is 4. The second-order valence-corrected chi connectivity index (χ2v) is 4.89. The van der Waals surface area contributed by atoms with Crippen LogP contribution < -0.4 is 4.74 Å². The van der Waals surface area contributed by atoms with Crippen molar-refractivity contribution in [3.05, 3.63) is 36.4 Å². The van der Waals surface area contributed by atoms with E-state index in [1.54, 1.807) is 24.3 Å². The molecule has 6 heteroatoms. The molecular formula is C12H11FO4S. The quantitative estimate of drug-likeness (QED) is 0.632. The molecule has 0 radical (unpaired) electrons. The number of hydrogen-bond donors (Lipinski definition) is 0. The Labute approximate surface area is 104 Å². The van der Waals surface area contributed by atoms with Crippen molar-refractivity contribution in [2.45, 2.75) is 4.90 Å². The van der Waals surface area contributed by atoms with E-state index in [0.717, 1.165) is 0 Å². The fourth-order valence-electron chi connectivity index (χ4n) is 1.71. The molecule has 0 aliphatic rings. The third-order valence-electron chi connectivity index (χ3n) is 2.42. The molecule has 0 aliphatic carbocycles. The number of halogens is 1. The molecule has 0 fully saturated rings. The summed E-state index contributed by atoms with van der Waals surface area (Å²) in [5.74, 6) is -0.0574. The third-order valence-corrected chi connectivity index (χ3v) is 3.33. The van der Waals surface area contributed by atoms with Crippen LogP contribution in [0.4, 0.5) is 3.89 Å². The van der Waals surface area contributed by atoms with Crippen molar-refractivity contribution < 1.29 is 21.8 Å². The fraction of sp³-hybridized carbons (Fsp3) is 0.167. The molecule has 0 bridgehead atoms. The van der Waals surface area contributed by atoms with E-state index in [9.17, 15) is 12.3 Å². The predicted molar refractivity (Wildman–Crippen MR) is 64.7 cm³/mol. The van der Waals surface area contributed by atoms with Crippen molar-refractivity contribution in [3.63, 3.8) is 0 Å². The monoisotopic (exact) mass is 270 g/mol. The lowest BCUT2D eigenvalue weighted by molar-refractivity contribution is 0.0492. The second-order valence-electron chi connectivity index (χ2n) is 3.60. The highest BCUT2D eigenvalue weighted by molar-refractivity contribution is 7.86. The van der Waals surface area contributed by atoms with Crippen LogP contribution in [0.3, 0.4) is 0 Å². The number of hydrogen-bond acceptors (Lipinski definition) is 4. The second kappa shape index (κ2) is 4.91. The number of ether oxygens (including phenoxy) is 2. The maximum absolute atomic E-state index is 13.4. The zero-order valence-electron chi connectivity index (χ0n) is 9.59. The highest BCUT2D eigenvalue weighted by Gasteiger charge is 2.22. The van der Waals surface area contributed by atoms with Gasteiger partial charge in [0.1, 0.15) is 10.6 Å². The summed E-state index contributed by atoms with van der Waals surface area (Å²) in [4.78, 5) is -0.461. The van der Waals surface area contributed by atoms with Gasteiger partial charge in [-0.05, 0) is 11.5 Å². The van der Waals surface area contributed by atoms with E-state index < -0.39 is 15.1 Å². The summed E-state index contributed by atoms with van der Waals surface area (Å²) >= 11 is 0. The molecule has 2 aromatic rings. The van der Waals surface area contributed by atoms with Gasteiger partial charge in [-0.25, -0.2) is 0 Å². The van der Waals surface area contributed by atoms with Crippen molar-refractivity contribution in [2.75, 3.05) is 13.9 Å². The van der Waals surface area contributed by atoms with Crippen LogP contribution >= 0.6 is 0 Å². The smallest absolute Gasteiger partial charge is 0.336 e. The molecule has 0 heterocycles. The average molecular weight is 270 g/mol. The Bertz CT molecular complexity index is 667. The van der Waals surface area contributed by atoms with Gasteiger partial charge in [0.25, 0.3) is 0 Å². The van der Waals surface area contributed by atoms with Crippen LogP contribution in [0.5, 0.6) is 5.75 Å². The molecule has 0 aliphatic heterocycles. The predicted octanol–water partition coefficient (Wildman–Crippen LogP) is 2.48. The van der Waals surface area contributed by atoms with E-state index in [-0.39, 0.29) is 17.9 Å². The van der Waals surface area contributed by atoms with Crippen LogP contribution in [0.2, 0.25) is 0 Å². The zero-order valence-corrected chi connectivity index (χ0v) is 10.4. The van der Waals surface area contributed by atoms with Gasteiger partial charge >= 0.3 is 10.2 Å². The van der Waals surface area contributed by atoms with E-state index in [2.05, 4.69) is 4.74 Å². The summed E-state index contributed by atoms with van der Waals surface area (Å²) in [5.41, 5.74) is 0. The molecule has 0 amide bonds. The normalized spacial score (nSPS) is 11.7. The number of benzene rings is 2. The van der Waals surface area contributed by atoms with Crippen LogP contribution in [-0.4, -0.2) is 22.3 Å². The molecule has 0 spiro atoms. The van der Waals surface area contributed by atoms with Crippen LogP contribution in [0.15, 0.2) is 41.3 Å². The minimum Gasteiger partial charge on any atom is -0.466 e. The lowest BCUT2D eigenvalue weighted by Gasteiger charge is -2.10. The molecule has 0 N–H and O–H groups in total. The summed E-state index contributed by atoms with van der Waals surface area (Å²) in [6.07, 6.45) is 0. The minimum absolute atomic E-state index is 0.0574. The lowest BCUT2D eigenvalue weighted by atomic mass is 10.1. The summed E-state index contributed by atoms with van der Waals surface area (Å²) < 4.78 is 45.6. The van der Waals surface area contributed by atoms with Gasteiger partial charge in [-0.15, -0.1) is 3.89 Å². The van der Waals surface area contributed by atoms with Gasteiger partial charge in [0.2, 0.25) is 0 Å². The van der Waals surface area contributed by atoms with Crippen molar-refractivity contribution >= 4 is 21.0 Å². The van der Waals surface area contributed by atoms with Gasteiger partial charge in [0.05, 0.1) is 0 Å². The van der Waals surface area contributed by atoms with Gasteiger partial charge in [-0.3, -0.25) is 0 Å². The topological polar surface area (TPSA) is 52.6 Å². The van der Waals surface area contributed by atoms with Gasteiger partial charge < -0.3 is 9.47 Å². The Kier molecular flexibility index (Phi) is 3.49. The molecule has 96 valence electrons. The van der Waals surface area contributed by atoms with E-state index in [1.165, 1.54) is 19.2 Å². The van der Waals surface area contributed by atoms with Crippen LogP contribution in [-0.2, 0) is 15.0 Å². The molecule has 0 aromatic heterocycles. The van der Waals surface area contributed by atoms with E-state index in [0.29, 0.717) is 5.39 Å². The van der Waals surface area contributed by atoms with E-state index >= 15 is 0 Å². The molecule has 4 nitrogen and oxygen atoms in total. The maximum Gasteiger partial charge on any atom is 0.336 e. The zero-order chi connectivity index (χ0) is 13.2. The highest BCUT2D eigenvalue weighted by Crippen LogP contribution is 2.33. The molecule has 2 rings (SSSR count).